The quantitative estimate of drug-likeness (QED) is 0.794. The number of hydrogen-bond donors (Lipinski definition) is 2. The smallest absolute Gasteiger partial charge is 0.233 e. The van der Waals surface area contributed by atoms with Gasteiger partial charge in [0.05, 0.1) is 5.41 Å². The molecule has 5 nitrogen and oxygen atoms in total. The van der Waals surface area contributed by atoms with Gasteiger partial charge in [0.1, 0.15) is 0 Å². The minimum atomic E-state index is -0.391. The van der Waals surface area contributed by atoms with Crippen molar-refractivity contribution in [1.82, 2.24) is 10.2 Å². The van der Waals surface area contributed by atoms with E-state index < -0.39 is 5.41 Å². The molecule has 0 aliphatic heterocycles. The summed E-state index contributed by atoms with van der Waals surface area (Å²) in [5, 5.41) is 10.3. The maximum Gasteiger partial charge on any atom is 0.233 e. The molecule has 86 valence electrons. The van der Waals surface area contributed by atoms with Gasteiger partial charge in [-0.3, -0.25) is 4.79 Å². The molecule has 1 heterocycles. The van der Waals surface area contributed by atoms with Crippen LogP contribution < -0.4 is 11.1 Å². The Kier molecular flexibility index (Phi) is 3.14. The molecule has 3 N–H and O–H groups in total. The highest BCUT2D eigenvalue weighted by Gasteiger charge is 2.39. The molecule has 1 aromatic heterocycles. The zero-order valence-electron chi connectivity index (χ0n) is 9.15. The zero-order chi connectivity index (χ0) is 11.4. The number of hydrogen-bond acceptors (Lipinski definition) is 4. The molecule has 1 amide bonds. The summed E-state index contributed by atoms with van der Waals surface area (Å²) >= 11 is 0. The van der Waals surface area contributed by atoms with Gasteiger partial charge in [-0.25, -0.2) is 0 Å². The fourth-order valence-corrected chi connectivity index (χ4v) is 2.19. The summed E-state index contributed by atoms with van der Waals surface area (Å²) in [6.07, 6.45) is 5.46. The summed E-state index contributed by atoms with van der Waals surface area (Å²) in [5.74, 6) is 0.472. The number of anilines is 1. The van der Waals surface area contributed by atoms with Gasteiger partial charge in [0, 0.05) is 12.7 Å². The number of carbonyl (C=O) groups is 1. The van der Waals surface area contributed by atoms with Crippen molar-refractivity contribution in [2.45, 2.75) is 25.7 Å². The monoisotopic (exact) mass is 220 g/mol. The highest BCUT2D eigenvalue weighted by atomic mass is 16.2. The van der Waals surface area contributed by atoms with Crippen LogP contribution in [0.2, 0.25) is 0 Å². The van der Waals surface area contributed by atoms with Crippen LogP contribution in [-0.2, 0) is 4.79 Å². The second-order valence-corrected chi connectivity index (χ2v) is 4.25. The van der Waals surface area contributed by atoms with E-state index in [9.17, 15) is 4.79 Å². The second-order valence-electron chi connectivity index (χ2n) is 4.25. The minimum Gasteiger partial charge on any atom is -0.329 e. The SMILES string of the molecule is NCC1(C(=O)Nc2cccnn2)CCCC1. The summed E-state index contributed by atoms with van der Waals surface area (Å²) in [6.45, 7) is 0.402. The van der Waals surface area contributed by atoms with E-state index in [1.165, 1.54) is 0 Å². The van der Waals surface area contributed by atoms with Crippen LogP contribution in [0.4, 0.5) is 5.82 Å². The summed E-state index contributed by atoms with van der Waals surface area (Å²) in [5.41, 5.74) is 5.34. The number of nitrogens with two attached hydrogens (primary N) is 1. The van der Waals surface area contributed by atoms with Crippen LogP contribution in [0.3, 0.4) is 0 Å². The predicted molar refractivity (Wildman–Crippen MR) is 60.6 cm³/mol. The van der Waals surface area contributed by atoms with Crippen molar-refractivity contribution < 1.29 is 4.79 Å². The van der Waals surface area contributed by atoms with Gasteiger partial charge >= 0.3 is 0 Å². The molecule has 1 saturated carbocycles. The molecule has 1 aromatic rings. The standard InChI is InChI=1S/C11H16N4O/c12-8-11(5-1-2-6-11)10(16)14-9-4-3-7-13-15-9/h3-4,7H,1-2,5-6,8,12H2,(H,14,15,16). The Morgan fingerprint density at radius 1 is 1.50 bits per heavy atom. The first-order valence-corrected chi connectivity index (χ1v) is 5.56. The Morgan fingerprint density at radius 2 is 2.25 bits per heavy atom. The molecular weight excluding hydrogens is 204 g/mol. The van der Waals surface area contributed by atoms with Gasteiger partial charge in [0.15, 0.2) is 5.82 Å². The van der Waals surface area contributed by atoms with Crippen LogP contribution in [-0.4, -0.2) is 22.6 Å². The van der Waals surface area contributed by atoms with Crippen molar-refractivity contribution in [1.29, 1.82) is 0 Å². The fraction of sp³-hybridized carbons (Fsp3) is 0.545. The lowest BCUT2D eigenvalue weighted by Gasteiger charge is -2.25. The average Bonchev–Trinajstić information content (AvgIpc) is 2.80. The van der Waals surface area contributed by atoms with Crippen LogP contribution in [0.25, 0.3) is 0 Å². The molecule has 0 spiro atoms. The minimum absolute atomic E-state index is 0.0204. The lowest BCUT2D eigenvalue weighted by Crippen LogP contribution is -2.40. The van der Waals surface area contributed by atoms with Crippen LogP contribution in [0.5, 0.6) is 0 Å². The number of carbonyl (C=O) groups excluding carboxylic acids is 1. The van der Waals surface area contributed by atoms with Crippen LogP contribution >= 0.6 is 0 Å². The highest BCUT2D eigenvalue weighted by molar-refractivity contribution is 5.94. The van der Waals surface area contributed by atoms with Crippen molar-refractivity contribution in [3.05, 3.63) is 18.3 Å². The number of nitrogens with zero attached hydrogens (tertiary/aromatic N) is 2. The topological polar surface area (TPSA) is 80.9 Å². The molecule has 0 unspecified atom stereocenters. The Hall–Kier alpha value is -1.49. The average molecular weight is 220 g/mol. The number of rotatable bonds is 3. The van der Waals surface area contributed by atoms with Crippen molar-refractivity contribution in [3.63, 3.8) is 0 Å². The van der Waals surface area contributed by atoms with Gasteiger partial charge in [0.25, 0.3) is 0 Å². The first-order valence-electron chi connectivity index (χ1n) is 5.56. The summed E-state index contributed by atoms with van der Waals surface area (Å²) in [6, 6.07) is 3.47. The van der Waals surface area contributed by atoms with Crippen molar-refractivity contribution in [3.8, 4) is 0 Å². The van der Waals surface area contributed by atoms with Crippen molar-refractivity contribution >= 4 is 11.7 Å². The van der Waals surface area contributed by atoms with E-state index in [-0.39, 0.29) is 5.91 Å². The molecule has 1 aliphatic carbocycles. The Balaban J connectivity index is 2.07. The van der Waals surface area contributed by atoms with E-state index in [0.29, 0.717) is 12.4 Å². The summed E-state index contributed by atoms with van der Waals surface area (Å²) in [4.78, 5) is 12.1. The predicted octanol–water partition coefficient (Wildman–Crippen LogP) is 0.934. The fourth-order valence-electron chi connectivity index (χ4n) is 2.19. The normalized spacial score (nSPS) is 18.3. The third-order valence-electron chi connectivity index (χ3n) is 3.25. The molecule has 0 radical (unpaired) electrons. The first kappa shape index (κ1) is 11.0. The van der Waals surface area contributed by atoms with E-state index in [4.69, 9.17) is 5.73 Å². The highest BCUT2D eigenvalue weighted by Crippen LogP contribution is 2.37. The van der Waals surface area contributed by atoms with E-state index in [0.717, 1.165) is 25.7 Å². The van der Waals surface area contributed by atoms with Crippen molar-refractivity contribution in [2.24, 2.45) is 11.1 Å². The zero-order valence-corrected chi connectivity index (χ0v) is 9.15. The molecular formula is C11H16N4O. The second kappa shape index (κ2) is 4.57. The van der Waals surface area contributed by atoms with Gasteiger partial charge in [-0.2, -0.15) is 5.10 Å². The molecule has 1 aliphatic rings. The van der Waals surface area contributed by atoms with E-state index in [1.807, 2.05) is 0 Å². The molecule has 0 bridgehead atoms. The van der Waals surface area contributed by atoms with Gasteiger partial charge in [0.2, 0.25) is 5.91 Å². The first-order chi connectivity index (χ1) is 7.77. The van der Waals surface area contributed by atoms with E-state index in [2.05, 4.69) is 15.5 Å². The molecule has 0 saturated heterocycles. The van der Waals surface area contributed by atoms with Crippen LogP contribution in [0, 0.1) is 5.41 Å². The molecule has 0 atom stereocenters. The maximum absolute atomic E-state index is 12.1. The molecule has 0 aromatic carbocycles. The lowest BCUT2D eigenvalue weighted by molar-refractivity contribution is -0.124. The third-order valence-corrected chi connectivity index (χ3v) is 3.25. The third kappa shape index (κ3) is 2.04. The Bertz CT molecular complexity index is 360. The van der Waals surface area contributed by atoms with Gasteiger partial charge in [-0.05, 0) is 25.0 Å². The van der Waals surface area contributed by atoms with Crippen LogP contribution in [0.15, 0.2) is 18.3 Å². The number of nitrogens with one attached hydrogen (secondary N) is 1. The Morgan fingerprint density at radius 3 is 2.81 bits per heavy atom. The number of aromatic nitrogens is 2. The van der Waals surface area contributed by atoms with Gasteiger partial charge < -0.3 is 11.1 Å². The number of amides is 1. The lowest BCUT2D eigenvalue weighted by atomic mass is 9.85. The molecule has 5 heteroatoms. The largest absolute Gasteiger partial charge is 0.329 e. The van der Waals surface area contributed by atoms with E-state index >= 15 is 0 Å². The van der Waals surface area contributed by atoms with Gasteiger partial charge in [-0.15, -0.1) is 5.10 Å². The molecule has 16 heavy (non-hydrogen) atoms. The van der Waals surface area contributed by atoms with Crippen LogP contribution in [0.1, 0.15) is 25.7 Å². The van der Waals surface area contributed by atoms with E-state index in [1.54, 1.807) is 18.3 Å². The van der Waals surface area contributed by atoms with Gasteiger partial charge in [-0.1, -0.05) is 12.8 Å². The summed E-state index contributed by atoms with van der Waals surface area (Å²) in [7, 11) is 0. The van der Waals surface area contributed by atoms with Crippen molar-refractivity contribution in [2.75, 3.05) is 11.9 Å². The maximum atomic E-state index is 12.1. The Labute approximate surface area is 94.4 Å². The molecule has 1 fully saturated rings. The molecule has 2 rings (SSSR count). The summed E-state index contributed by atoms with van der Waals surface area (Å²) < 4.78 is 0.